The van der Waals surface area contributed by atoms with Crippen molar-refractivity contribution in [3.05, 3.63) is 77.1 Å². The van der Waals surface area contributed by atoms with Crippen molar-refractivity contribution in [1.82, 2.24) is 14.9 Å². The van der Waals surface area contributed by atoms with Gasteiger partial charge in [-0.1, -0.05) is 18.2 Å². The van der Waals surface area contributed by atoms with Gasteiger partial charge in [0, 0.05) is 32.3 Å². The highest BCUT2D eigenvalue weighted by atomic mass is 32.2. The van der Waals surface area contributed by atoms with Crippen LogP contribution in [-0.2, 0) is 38.7 Å². The third-order valence-corrected chi connectivity index (χ3v) is 8.27. The molecule has 0 bridgehead atoms. The fourth-order valence-electron chi connectivity index (χ4n) is 4.87. The van der Waals surface area contributed by atoms with Gasteiger partial charge < -0.3 is 15.1 Å². The molecule has 0 spiro atoms. The number of alkyl halides is 5. The Kier molecular flexibility index (Phi) is 7.65. The van der Waals surface area contributed by atoms with Gasteiger partial charge in [0.1, 0.15) is 6.04 Å². The van der Waals surface area contributed by atoms with Crippen LogP contribution >= 0.6 is 0 Å². The van der Waals surface area contributed by atoms with E-state index in [1.54, 1.807) is 0 Å². The van der Waals surface area contributed by atoms with Crippen molar-refractivity contribution in [1.29, 1.82) is 0 Å². The van der Waals surface area contributed by atoms with Crippen LogP contribution in [0.2, 0.25) is 0 Å². The van der Waals surface area contributed by atoms with Gasteiger partial charge in [-0.15, -0.1) is 0 Å². The largest absolute Gasteiger partial charge is 0.416 e. The molecule has 43 heavy (non-hydrogen) atoms. The first-order valence-electron chi connectivity index (χ1n) is 13.1. The molecule has 2 aromatic carbocycles. The summed E-state index contributed by atoms with van der Waals surface area (Å²) in [6, 6.07) is 7.23. The number of benzene rings is 2. The van der Waals surface area contributed by atoms with Crippen molar-refractivity contribution in [3.63, 3.8) is 0 Å². The quantitative estimate of drug-likeness (QED) is 0.361. The van der Waals surface area contributed by atoms with Crippen LogP contribution in [0.25, 0.3) is 0 Å². The summed E-state index contributed by atoms with van der Waals surface area (Å²) in [7, 11) is -3.64. The van der Waals surface area contributed by atoms with Crippen LogP contribution in [0.4, 0.5) is 33.6 Å². The number of nitrogens with one attached hydrogen (secondary N) is 1. The Morgan fingerprint density at radius 2 is 1.65 bits per heavy atom. The van der Waals surface area contributed by atoms with Crippen molar-refractivity contribution in [2.24, 2.45) is 0 Å². The number of carbonyl (C=O) groups is 2. The lowest BCUT2D eigenvalue weighted by Crippen LogP contribution is -2.44. The van der Waals surface area contributed by atoms with E-state index in [1.807, 2.05) is 4.90 Å². The van der Waals surface area contributed by atoms with Crippen LogP contribution < -0.4 is 10.2 Å². The van der Waals surface area contributed by atoms with Crippen LogP contribution in [0, 0.1) is 0 Å². The van der Waals surface area contributed by atoms with Crippen LogP contribution in [0.3, 0.4) is 0 Å². The molecule has 0 unspecified atom stereocenters. The molecule has 0 saturated heterocycles. The van der Waals surface area contributed by atoms with E-state index in [0.717, 1.165) is 31.2 Å². The summed E-state index contributed by atoms with van der Waals surface area (Å²) in [4.78, 5) is 37.0. The molecule has 5 rings (SSSR count). The van der Waals surface area contributed by atoms with E-state index >= 15 is 0 Å². The second-order valence-electron chi connectivity index (χ2n) is 10.7. The highest BCUT2D eigenvalue weighted by molar-refractivity contribution is 7.90. The summed E-state index contributed by atoms with van der Waals surface area (Å²) in [5.74, 6) is -5.93. The van der Waals surface area contributed by atoms with Gasteiger partial charge in [0.2, 0.25) is 5.95 Å². The van der Waals surface area contributed by atoms with Crippen LogP contribution in [-0.4, -0.2) is 53.3 Å². The number of hydrogen-bond donors (Lipinski definition) is 1. The zero-order chi connectivity index (χ0) is 31.3. The number of anilines is 2. The average Bonchev–Trinajstić information content (AvgIpc) is 3.69. The van der Waals surface area contributed by atoms with Crippen LogP contribution in [0.5, 0.6) is 0 Å². The lowest BCUT2D eigenvalue weighted by atomic mass is 10.0. The minimum absolute atomic E-state index is 0.0801. The summed E-state index contributed by atoms with van der Waals surface area (Å²) in [6.45, 7) is 0.276. The molecule has 1 atom stereocenters. The first kappa shape index (κ1) is 30.3. The molecular formula is C28H26F5N5O4S. The van der Waals surface area contributed by atoms with Crippen molar-refractivity contribution >= 4 is 33.3 Å². The summed E-state index contributed by atoms with van der Waals surface area (Å²) < 4.78 is 90.9. The van der Waals surface area contributed by atoms with Gasteiger partial charge in [-0.05, 0) is 53.8 Å². The molecule has 1 saturated carbocycles. The fraction of sp³-hybridized carbons (Fsp3) is 0.357. The van der Waals surface area contributed by atoms with Gasteiger partial charge in [0.15, 0.2) is 9.84 Å². The van der Waals surface area contributed by atoms with Gasteiger partial charge in [-0.3, -0.25) is 9.59 Å². The number of halogens is 5. The highest BCUT2D eigenvalue weighted by Crippen LogP contribution is 2.38. The molecular weight excluding hydrogens is 597 g/mol. The fourth-order valence-corrected chi connectivity index (χ4v) is 5.54. The molecule has 228 valence electrons. The number of sulfone groups is 1. The summed E-state index contributed by atoms with van der Waals surface area (Å²) in [6.07, 6.45) is 0.818. The van der Waals surface area contributed by atoms with E-state index in [4.69, 9.17) is 0 Å². The summed E-state index contributed by atoms with van der Waals surface area (Å²) in [5, 5.41) is 2.54. The molecule has 15 heteroatoms. The lowest BCUT2D eigenvalue weighted by Gasteiger charge is -2.27. The number of aromatic nitrogens is 2. The van der Waals surface area contributed by atoms with Crippen molar-refractivity contribution in [2.45, 2.75) is 61.9 Å². The Morgan fingerprint density at radius 3 is 2.19 bits per heavy atom. The maximum absolute atomic E-state index is 14.0. The second-order valence-corrected chi connectivity index (χ2v) is 12.7. The number of carbonyl (C=O) groups excluding carboxylic acids is 2. The number of hydrogen-bond acceptors (Lipinski definition) is 7. The molecule has 1 aliphatic carbocycles. The Labute approximate surface area is 243 Å². The SMILES string of the molecule is CC(F)(F)C(=O)N1Cc2cc(S(C)(=O)=O)ccc2[C@@H]1C(=O)Nc1cnc(N(Cc2ccc(C(F)(F)F)cc2)C2CC2)nc1. The molecule has 1 aliphatic heterocycles. The molecule has 2 aliphatic rings. The molecule has 0 radical (unpaired) electrons. The van der Waals surface area contributed by atoms with Gasteiger partial charge in [-0.25, -0.2) is 18.4 Å². The maximum Gasteiger partial charge on any atom is 0.416 e. The van der Waals surface area contributed by atoms with Crippen molar-refractivity contribution in [2.75, 3.05) is 16.5 Å². The van der Waals surface area contributed by atoms with Crippen molar-refractivity contribution < 1.29 is 40.0 Å². The number of fused-ring (bicyclic) bond motifs is 1. The normalized spacial score (nSPS) is 17.0. The predicted octanol–water partition coefficient (Wildman–Crippen LogP) is 4.75. The van der Waals surface area contributed by atoms with E-state index in [-0.39, 0.29) is 40.2 Å². The molecule has 3 aromatic rings. The first-order chi connectivity index (χ1) is 20.0. The highest BCUT2D eigenvalue weighted by Gasteiger charge is 2.46. The van der Waals surface area contributed by atoms with E-state index in [0.29, 0.717) is 17.4 Å². The Morgan fingerprint density at radius 1 is 1.02 bits per heavy atom. The molecule has 1 fully saturated rings. The summed E-state index contributed by atoms with van der Waals surface area (Å²) >= 11 is 0. The topological polar surface area (TPSA) is 113 Å². The molecule has 2 amide bonds. The minimum atomic E-state index is -4.44. The van der Waals surface area contributed by atoms with Gasteiger partial charge in [0.25, 0.3) is 11.8 Å². The van der Waals surface area contributed by atoms with Crippen LogP contribution in [0.15, 0.2) is 59.8 Å². The second kappa shape index (κ2) is 10.8. The third-order valence-electron chi connectivity index (χ3n) is 7.16. The van der Waals surface area contributed by atoms with E-state index in [1.165, 1.54) is 42.7 Å². The Bertz CT molecular complexity index is 1650. The van der Waals surface area contributed by atoms with Crippen molar-refractivity contribution in [3.8, 4) is 0 Å². The van der Waals surface area contributed by atoms with Gasteiger partial charge in [0.05, 0.1) is 28.5 Å². The number of rotatable bonds is 8. The maximum atomic E-state index is 14.0. The number of amides is 2. The Hall–Kier alpha value is -4.14. The Balaban J connectivity index is 1.35. The molecule has 1 N–H and O–H groups in total. The monoisotopic (exact) mass is 623 g/mol. The van der Waals surface area contributed by atoms with E-state index < -0.39 is 51.9 Å². The van der Waals surface area contributed by atoms with Gasteiger partial charge in [-0.2, -0.15) is 22.0 Å². The molecule has 1 aromatic heterocycles. The average molecular weight is 624 g/mol. The summed E-state index contributed by atoms with van der Waals surface area (Å²) in [5.41, 5.74) is 0.425. The van der Waals surface area contributed by atoms with Crippen LogP contribution in [0.1, 0.15) is 48.1 Å². The molecule has 2 heterocycles. The lowest BCUT2D eigenvalue weighted by molar-refractivity contribution is -0.159. The minimum Gasteiger partial charge on any atom is -0.334 e. The smallest absolute Gasteiger partial charge is 0.334 e. The standard InChI is InChI=1S/C28H26F5N5O4S/c1-27(29,30)25(40)38-15-17-11-21(43(2,41)42)9-10-22(17)23(38)24(39)36-19-12-34-26(35-13-19)37(20-7-8-20)14-16-3-5-18(6-4-16)28(31,32)33/h3-6,9-13,20,23H,7-8,14-15H2,1-2H3,(H,36,39)/t23-/m1/s1. The zero-order valence-corrected chi connectivity index (χ0v) is 23.7. The van der Waals surface area contributed by atoms with E-state index in [9.17, 15) is 40.0 Å². The predicted molar refractivity (Wildman–Crippen MR) is 145 cm³/mol. The van der Waals surface area contributed by atoms with Gasteiger partial charge >= 0.3 is 12.1 Å². The number of nitrogens with zero attached hydrogens (tertiary/aromatic N) is 4. The zero-order valence-electron chi connectivity index (χ0n) is 22.9. The molecule has 9 nitrogen and oxygen atoms in total. The van der Waals surface area contributed by atoms with E-state index in [2.05, 4.69) is 15.3 Å². The first-order valence-corrected chi connectivity index (χ1v) is 15.0. The third kappa shape index (κ3) is 6.60.